The summed E-state index contributed by atoms with van der Waals surface area (Å²) in [5, 5.41) is 0. The average molecular weight is 300 g/mol. The molecule has 2 nitrogen and oxygen atoms in total. The fraction of sp³-hybridized carbons (Fsp3) is 0.900. The first-order chi connectivity index (χ1) is 6.22. The normalized spacial score (nSPS) is 12.5. The van der Waals surface area contributed by atoms with Crippen LogP contribution in [0.25, 0.3) is 0 Å². The summed E-state index contributed by atoms with van der Waals surface area (Å²) < 4.78 is 7.41. The van der Waals surface area contributed by atoms with Gasteiger partial charge < -0.3 is 0 Å². The van der Waals surface area contributed by atoms with E-state index in [0.29, 0.717) is 6.61 Å². The molecule has 1 unspecified atom stereocenters. The minimum absolute atomic E-state index is 0.0101. The van der Waals surface area contributed by atoms with Crippen molar-refractivity contribution in [2.45, 2.75) is 42.6 Å². The topological polar surface area (TPSA) is 26.3 Å². The zero-order valence-electron chi connectivity index (χ0n) is 8.84. The fourth-order valence-electron chi connectivity index (χ4n) is 0.859. The SMILES string of the molecule is CCCC[Te]CC(C)C(=O)OCC. The third-order valence-corrected chi connectivity index (χ3v) is 5.45. The number of ether oxygens (including phenoxy) is 1. The number of rotatable bonds is 7. The Labute approximate surface area is 91.5 Å². The molecule has 1 atom stereocenters. The Bertz CT molecular complexity index is 137. The van der Waals surface area contributed by atoms with E-state index in [2.05, 4.69) is 6.92 Å². The van der Waals surface area contributed by atoms with Gasteiger partial charge in [-0.2, -0.15) is 0 Å². The molecule has 0 bridgehead atoms. The average Bonchev–Trinajstić information content (AvgIpc) is 2.12. The molecule has 0 heterocycles. The van der Waals surface area contributed by atoms with Gasteiger partial charge in [0.2, 0.25) is 0 Å². The second-order valence-corrected chi connectivity index (χ2v) is 6.36. The molecule has 13 heavy (non-hydrogen) atoms. The molecule has 0 rings (SSSR count). The Morgan fingerprint density at radius 2 is 2.15 bits per heavy atom. The van der Waals surface area contributed by atoms with Crippen LogP contribution in [0.2, 0.25) is 8.94 Å². The molecular weight excluding hydrogens is 280 g/mol. The summed E-state index contributed by atoms with van der Waals surface area (Å²) in [7, 11) is 0. The summed E-state index contributed by atoms with van der Waals surface area (Å²) >= 11 is 0.0661. The molecule has 0 amide bonds. The van der Waals surface area contributed by atoms with Crippen molar-refractivity contribution in [2.24, 2.45) is 5.92 Å². The van der Waals surface area contributed by atoms with E-state index in [4.69, 9.17) is 4.74 Å². The van der Waals surface area contributed by atoms with E-state index < -0.39 is 0 Å². The molecular formula is C10H20O2Te. The van der Waals surface area contributed by atoms with Gasteiger partial charge in [-0.05, 0) is 0 Å². The molecule has 0 radical (unpaired) electrons. The van der Waals surface area contributed by atoms with Crippen LogP contribution in [-0.2, 0) is 9.53 Å². The molecule has 0 fully saturated rings. The van der Waals surface area contributed by atoms with Gasteiger partial charge in [-0.15, -0.1) is 0 Å². The van der Waals surface area contributed by atoms with Crippen molar-refractivity contribution >= 4 is 26.9 Å². The van der Waals surface area contributed by atoms with Crippen LogP contribution in [0.3, 0.4) is 0 Å². The van der Waals surface area contributed by atoms with E-state index in [0.717, 1.165) is 4.47 Å². The van der Waals surface area contributed by atoms with E-state index in [1.165, 1.54) is 17.3 Å². The van der Waals surface area contributed by atoms with Gasteiger partial charge in [0.25, 0.3) is 0 Å². The van der Waals surface area contributed by atoms with E-state index in [-0.39, 0.29) is 32.8 Å². The zero-order chi connectivity index (χ0) is 10.1. The third kappa shape index (κ3) is 7.34. The fourth-order valence-corrected chi connectivity index (χ4v) is 4.14. The summed E-state index contributed by atoms with van der Waals surface area (Å²) in [6.45, 7) is 6.56. The molecule has 0 aromatic heterocycles. The second-order valence-electron chi connectivity index (χ2n) is 3.08. The van der Waals surface area contributed by atoms with Crippen LogP contribution >= 0.6 is 0 Å². The Kier molecular flexibility index (Phi) is 9.02. The maximum atomic E-state index is 11.2. The molecule has 0 aliphatic heterocycles. The Balaban J connectivity index is 3.38. The van der Waals surface area contributed by atoms with Gasteiger partial charge in [0.05, 0.1) is 0 Å². The standard InChI is InChI=1S/C10H20O2Te/c1-4-6-7-13-8-9(3)10(11)12-5-2/h9H,4-8H2,1-3H3. The predicted octanol–water partition coefficient (Wildman–Crippen LogP) is 2.53. The van der Waals surface area contributed by atoms with Crippen molar-refractivity contribution < 1.29 is 9.53 Å². The number of esters is 1. The quantitative estimate of drug-likeness (QED) is 0.410. The van der Waals surface area contributed by atoms with Gasteiger partial charge in [-0.1, -0.05) is 0 Å². The number of hydrogen-bond acceptors (Lipinski definition) is 2. The molecule has 0 saturated carbocycles. The minimum atomic E-state index is -0.0101. The van der Waals surface area contributed by atoms with Gasteiger partial charge in [-0.3, -0.25) is 0 Å². The molecule has 0 aliphatic carbocycles. The van der Waals surface area contributed by atoms with Crippen molar-refractivity contribution in [3.8, 4) is 0 Å². The summed E-state index contributed by atoms with van der Waals surface area (Å²) in [6.07, 6.45) is 2.61. The second kappa shape index (κ2) is 8.84. The van der Waals surface area contributed by atoms with E-state index in [1.54, 1.807) is 0 Å². The number of carbonyl (C=O) groups is 1. The third-order valence-electron chi connectivity index (χ3n) is 1.70. The monoisotopic (exact) mass is 302 g/mol. The number of unbranched alkanes of at least 4 members (excludes halogenated alkanes) is 1. The van der Waals surface area contributed by atoms with Gasteiger partial charge in [0.15, 0.2) is 0 Å². The maximum absolute atomic E-state index is 11.2. The van der Waals surface area contributed by atoms with Crippen molar-refractivity contribution in [2.75, 3.05) is 6.61 Å². The van der Waals surface area contributed by atoms with Crippen molar-refractivity contribution in [3.05, 3.63) is 0 Å². The summed E-state index contributed by atoms with van der Waals surface area (Å²) in [6, 6.07) is 0. The number of hydrogen-bond donors (Lipinski definition) is 0. The summed E-state index contributed by atoms with van der Waals surface area (Å²) in [4.78, 5) is 11.2. The first-order valence-electron chi connectivity index (χ1n) is 4.96. The predicted molar refractivity (Wildman–Crippen MR) is 56.1 cm³/mol. The summed E-state index contributed by atoms with van der Waals surface area (Å²) in [5.74, 6) is 0.128. The van der Waals surface area contributed by atoms with Crippen LogP contribution in [0, 0.1) is 5.92 Å². The van der Waals surface area contributed by atoms with Gasteiger partial charge >= 0.3 is 91.5 Å². The first-order valence-corrected chi connectivity index (χ1v) is 8.26. The molecule has 0 saturated heterocycles. The van der Waals surface area contributed by atoms with Crippen LogP contribution in [0.15, 0.2) is 0 Å². The molecule has 0 N–H and O–H groups in total. The van der Waals surface area contributed by atoms with Gasteiger partial charge in [0.1, 0.15) is 0 Å². The van der Waals surface area contributed by atoms with Crippen molar-refractivity contribution in [1.82, 2.24) is 0 Å². The van der Waals surface area contributed by atoms with Crippen molar-refractivity contribution in [3.63, 3.8) is 0 Å². The van der Waals surface area contributed by atoms with Crippen LogP contribution in [0.1, 0.15) is 33.6 Å². The van der Waals surface area contributed by atoms with E-state index in [1.807, 2.05) is 13.8 Å². The first kappa shape index (κ1) is 13.3. The molecule has 0 spiro atoms. The Morgan fingerprint density at radius 3 is 2.69 bits per heavy atom. The molecule has 3 heteroatoms. The molecule has 0 aromatic carbocycles. The number of carbonyl (C=O) groups excluding carboxylic acids is 1. The summed E-state index contributed by atoms with van der Waals surface area (Å²) in [5.41, 5.74) is 0. The zero-order valence-corrected chi connectivity index (χ0v) is 11.2. The Hall–Kier alpha value is 0.260. The van der Waals surface area contributed by atoms with Gasteiger partial charge in [0, 0.05) is 0 Å². The van der Waals surface area contributed by atoms with Crippen LogP contribution < -0.4 is 0 Å². The Morgan fingerprint density at radius 1 is 1.46 bits per heavy atom. The van der Waals surface area contributed by atoms with Crippen LogP contribution in [0.4, 0.5) is 0 Å². The van der Waals surface area contributed by atoms with Crippen molar-refractivity contribution in [1.29, 1.82) is 0 Å². The van der Waals surface area contributed by atoms with E-state index in [9.17, 15) is 4.79 Å². The van der Waals surface area contributed by atoms with Crippen LogP contribution in [-0.4, -0.2) is 33.5 Å². The molecule has 0 aliphatic rings. The van der Waals surface area contributed by atoms with Crippen LogP contribution in [0.5, 0.6) is 0 Å². The molecule has 78 valence electrons. The van der Waals surface area contributed by atoms with Gasteiger partial charge in [-0.25, -0.2) is 0 Å². The molecule has 0 aromatic rings. The van der Waals surface area contributed by atoms with E-state index >= 15 is 0 Å².